The van der Waals surface area contributed by atoms with Crippen LogP contribution in [0.2, 0.25) is 0 Å². The molecule has 1 atom stereocenters. The van der Waals surface area contributed by atoms with E-state index in [2.05, 4.69) is 25.1 Å². The molecule has 1 aliphatic heterocycles. The molecule has 0 unspecified atom stereocenters. The van der Waals surface area contributed by atoms with Gasteiger partial charge in [-0.3, -0.25) is 0 Å². The van der Waals surface area contributed by atoms with Crippen molar-refractivity contribution in [3.8, 4) is 5.75 Å². The Bertz CT molecular complexity index is 309. The van der Waals surface area contributed by atoms with Gasteiger partial charge in [0.2, 0.25) is 0 Å². The van der Waals surface area contributed by atoms with Crippen LogP contribution < -0.4 is 10.5 Å². The predicted molar refractivity (Wildman–Crippen MR) is 53.0 cm³/mol. The van der Waals surface area contributed by atoms with E-state index in [1.807, 2.05) is 0 Å². The van der Waals surface area contributed by atoms with Crippen molar-refractivity contribution >= 4 is 0 Å². The Hall–Kier alpha value is -1.02. The topological polar surface area (TPSA) is 35.2 Å². The third kappa shape index (κ3) is 1.54. The number of fused-ring (bicyclic) bond motifs is 1. The van der Waals surface area contributed by atoms with E-state index in [9.17, 15) is 0 Å². The summed E-state index contributed by atoms with van der Waals surface area (Å²) < 4.78 is 5.63. The second-order valence-corrected chi connectivity index (χ2v) is 3.48. The molecule has 1 heterocycles. The van der Waals surface area contributed by atoms with Crippen molar-refractivity contribution in [2.75, 3.05) is 6.54 Å². The van der Waals surface area contributed by atoms with Crippen molar-refractivity contribution in [1.82, 2.24) is 0 Å². The first kappa shape index (κ1) is 8.57. The van der Waals surface area contributed by atoms with E-state index in [1.165, 1.54) is 11.1 Å². The smallest absolute Gasteiger partial charge is 0.123 e. The van der Waals surface area contributed by atoms with Gasteiger partial charge in [-0.1, -0.05) is 19.1 Å². The van der Waals surface area contributed by atoms with Gasteiger partial charge in [0.05, 0.1) is 0 Å². The third-order valence-corrected chi connectivity index (χ3v) is 2.54. The van der Waals surface area contributed by atoms with Crippen molar-refractivity contribution in [2.24, 2.45) is 5.73 Å². The van der Waals surface area contributed by atoms with Gasteiger partial charge in [0.1, 0.15) is 11.9 Å². The molecule has 0 radical (unpaired) electrons. The van der Waals surface area contributed by atoms with Gasteiger partial charge in [0.25, 0.3) is 0 Å². The third-order valence-electron chi connectivity index (χ3n) is 2.54. The Morgan fingerprint density at radius 3 is 3.08 bits per heavy atom. The van der Waals surface area contributed by atoms with E-state index in [0.717, 1.165) is 18.6 Å². The maximum atomic E-state index is 5.63. The molecule has 0 aromatic heterocycles. The second-order valence-electron chi connectivity index (χ2n) is 3.48. The van der Waals surface area contributed by atoms with Crippen LogP contribution in [0.25, 0.3) is 0 Å². The van der Waals surface area contributed by atoms with Crippen LogP contribution in [0.15, 0.2) is 18.2 Å². The lowest BCUT2D eigenvalue weighted by Gasteiger charge is -2.05. The second kappa shape index (κ2) is 3.38. The molecule has 2 N–H and O–H groups in total. The van der Waals surface area contributed by atoms with Crippen LogP contribution in [0.4, 0.5) is 0 Å². The Labute approximate surface area is 78.7 Å². The minimum atomic E-state index is 0.196. The van der Waals surface area contributed by atoms with Gasteiger partial charge < -0.3 is 10.5 Å². The summed E-state index contributed by atoms with van der Waals surface area (Å²) in [6.45, 7) is 2.77. The molecule has 0 spiro atoms. The lowest BCUT2D eigenvalue weighted by atomic mass is 10.1. The molecular weight excluding hydrogens is 162 g/mol. The largest absolute Gasteiger partial charge is 0.488 e. The standard InChI is InChI=1S/C11H15NO/c1-2-8-3-4-11-9(5-8)6-10(7-12)13-11/h3-5,10H,2,6-7,12H2,1H3/t10-/m1/s1. The zero-order valence-corrected chi connectivity index (χ0v) is 7.92. The van der Waals surface area contributed by atoms with E-state index >= 15 is 0 Å². The fourth-order valence-corrected chi connectivity index (χ4v) is 1.73. The van der Waals surface area contributed by atoms with Crippen molar-refractivity contribution in [3.63, 3.8) is 0 Å². The van der Waals surface area contributed by atoms with Crippen LogP contribution in [0.5, 0.6) is 5.75 Å². The number of rotatable bonds is 2. The SMILES string of the molecule is CCc1ccc2c(c1)C[C@H](CN)O2. The van der Waals surface area contributed by atoms with E-state index in [-0.39, 0.29) is 6.10 Å². The van der Waals surface area contributed by atoms with Crippen molar-refractivity contribution in [2.45, 2.75) is 25.9 Å². The molecule has 0 amide bonds. The lowest BCUT2D eigenvalue weighted by Crippen LogP contribution is -2.24. The monoisotopic (exact) mass is 177 g/mol. The maximum absolute atomic E-state index is 5.63. The summed E-state index contributed by atoms with van der Waals surface area (Å²) >= 11 is 0. The minimum Gasteiger partial charge on any atom is -0.488 e. The molecule has 1 aromatic rings. The average molecular weight is 177 g/mol. The van der Waals surface area contributed by atoms with E-state index in [4.69, 9.17) is 10.5 Å². The summed E-state index contributed by atoms with van der Waals surface area (Å²) in [7, 11) is 0. The maximum Gasteiger partial charge on any atom is 0.123 e. The van der Waals surface area contributed by atoms with Crippen LogP contribution >= 0.6 is 0 Å². The summed E-state index contributed by atoms with van der Waals surface area (Å²) in [5.74, 6) is 1.02. The van der Waals surface area contributed by atoms with E-state index in [0.29, 0.717) is 6.54 Å². The Morgan fingerprint density at radius 2 is 2.38 bits per heavy atom. The molecule has 2 nitrogen and oxygen atoms in total. The normalized spacial score (nSPS) is 19.7. The fraction of sp³-hybridized carbons (Fsp3) is 0.455. The van der Waals surface area contributed by atoms with Gasteiger partial charge in [-0.2, -0.15) is 0 Å². The highest BCUT2D eigenvalue weighted by molar-refractivity contribution is 5.40. The summed E-state index contributed by atoms with van der Waals surface area (Å²) in [5, 5.41) is 0. The molecule has 0 saturated heterocycles. The molecule has 0 saturated carbocycles. The Kier molecular flexibility index (Phi) is 2.23. The lowest BCUT2D eigenvalue weighted by molar-refractivity contribution is 0.241. The Balaban J connectivity index is 2.25. The number of nitrogens with two attached hydrogens (primary N) is 1. The zero-order valence-electron chi connectivity index (χ0n) is 7.92. The zero-order chi connectivity index (χ0) is 9.26. The molecule has 1 aromatic carbocycles. The molecule has 1 aliphatic rings. The van der Waals surface area contributed by atoms with Gasteiger partial charge in [-0.05, 0) is 23.6 Å². The van der Waals surface area contributed by atoms with Gasteiger partial charge >= 0.3 is 0 Å². The van der Waals surface area contributed by atoms with Gasteiger partial charge in [0.15, 0.2) is 0 Å². The van der Waals surface area contributed by atoms with Gasteiger partial charge in [0, 0.05) is 13.0 Å². The molecular formula is C11H15NO. The first-order valence-electron chi connectivity index (χ1n) is 4.82. The number of ether oxygens (including phenoxy) is 1. The van der Waals surface area contributed by atoms with Crippen LogP contribution in [0, 0.1) is 0 Å². The van der Waals surface area contributed by atoms with Crippen LogP contribution in [-0.2, 0) is 12.8 Å². The van der Waals surface area contributed by atoms with Crippen molar-refractivity contribution in [3.05, 3.63) is 29.3 Å². The average Bonchev–Trinajstić information content (AvgIpc) is 2.58. The quantitative estimate of drug-likeness (QED) is 0.743. The Morgan fingerprint density at radius 1 is 1.54 bits per heavy atom. The molecule has 70 valence electrons. The molecule has 0 fully saturated rings. The van der Waals surface area contributed by atoms with E-state index < -0.39 is 0 Å². The number of benzene rings is 1. The summed E-state index contributed by atoms with van der Waals surface area (Å²) in [5.41, 5.74) is 8.25. The molecule has 0 bridgehead atoms. The first-order chi connectivity index (χ1) is 6.33. The highest BCUT2D eigenvalue weighted by atomic mass is 16.5. The van der Waals surface area contributed by atoms with Crippen LogP contribution in [-0.4, -0.2) is 12.6 Å². The summed E-state index contributed by atoms with van der Waals surface area (Å²) in [6.07, 6.45) is 2.25. The minimum absolute atomic E-state index is 0.196. The van der Waals surface area contributed by atoms with E-state index in [1.54, 1.807) is 0 Å². The highest BCUT2D eigenvalue weighted by Gasteiger charge is 2.21. The molecule has 2 heteroatoms. The van der Waals surface area contributed by atoms with Gasteiger partial charge in [-0.15, -0.1) is 0 Å². The first-order valence-corrected chi connectivity index (χ1v) is 4.82. The summed E-state index contributed by atoms with van der Waals surface area (Å²) in [6, 6.07) is 6.41. The van der Waals surface area contributed by atoms with Crippen LogP contribution in [0.3, 0.4) is 0 Å². The number of hydrogen-bond donors (Lipinski definition) is 1. The fourth-order valence-electron chi connectivity index (χ4n) is 1.73. The molecule has 13 heavy (non-hydrogen) atoms. The predicted octanol–water partition coefficient (Wildman–Crippen LogP) is 1.51. The summed E-state index contributed by atoms with van der Waals surface area (Å²) in [4.78, 5) is 0. The van der Waals surface area contributed by atoms with Crippen molar-refractivity contribution in [1.29, 1.82) is 0 Å². The van der Waals surface area contributed by atoms with Crippen molar-refractivity contribution < 1.29 is 4.74 Å². The molecule has 2 rings (SSSR count). The van der Waals surface area contributed by atoms with Crippen LogP contribution in [0.1, 0.15) is 18.1 Å². The molecule has 0 aliphatic carbocycles. The number of aryl methyl sites for hydroxylation is 1. The highest BCUT2D eigenvalue weighted by Crippen LogP contribution is 2.29. The van der Waals surface area contributed by atoms with Gasteiger partial charge in [-0.25, -0.2) is 0 Å². The number of hydrogen-bond acceptors (Lipinski definition) is 2.